The Morgan fingerprint density at radius 3 is 1.80 bits per heavy atom. The highest BCUT2D eigenvalue weighted by atomic mass is 32.2. The molecule has 0 amide bonds. The Hall–Kier alpha value is -1.32. The van der Waals surface area contributed by atoms with E-state index in [1.54, 1.807) is 36.4 Å². The van der Waals surface area contributed by atoms with E-state index in [1.807, 2.05) is 18.4 Å². The van der Waals surface area contributed by atoms with Gasteiger partial charge in [0, 0.05) is 17.4 Å². The van der Waals surface area contributed by atoms with Gasteiger partial charge in [0.2, 0.25) is 0 Å². The van der Waals surface area contributed by atoms with Crippen molar-refractivity contribution in [2.75, 3.05) is 28.2 Å². The van der Waals surface area contributed by atoms with Gasteiger partial charge in [-0.1, -0.05) is 23.9 Å². The Labute approximate surface area is 157 Å². The molecule has 0 saturated heterocycles. The normalized spacial score (nSPS) is 11.3. The van der Waals surface area contributed by atoms with Crippen LogP contribution in [0.15, 0.2) is 41.3 Å². The zero-order chi connectivity index (χ0) is 18.4. The third-order valence-corrected chi connectivity index (χ3v) is 4.71. The molecule has 25 heavy (non-hydrogen) atoms. The third kappa shape index (κ3) is 5.32. The quantitative estimate of drug-likeness (QED) is 0.398. The van der Waals surface area contributed by atoms with Crippen LogP contribution in [0.25, 0.3) is 0 Å². The minimum Gasteiger partial charge on any atom is -0.453 e. The molecule has 0 heterocycles. The summed E-state index contributed by atoms with van der Waals surface area (Å²) in [5.41, 5.74) is -0.230. The summed E-state index contributed by atoms with van der Waals surface area (Å²) in [6.45, 7) is 0. The number of hydrogen-bond donors (Lipinski definition) is 2. The van der Waals surface area contributed by atoms with Crippen molar-refractivity contribution in [3.8, 4) is 11.5 Å². The summed E-state index contributed by atoms with van der Waals surface area (Å²) in [6.07, 6.45) is 0.993. The maximum atomic E-state index is 13.2. The standard InChI is InChI=1S/C16H17F3N2OS3/c1-23-12-6-4-11(5-7-12)22-15-13(20-24-2)8-10(16(17,18)19)9-14(15)21-25-3/h4-9,20-21H,1-3H3. The van der Waals surface area contributed by atoms with Gasteiger partial charge in [-0.05, 0) is 42.7 Å². The maximum Gasteiger partial charge on any atom is 0.416 e. The summed E-state index contributed by atoms with van der Waals surface area (Å²) in [4.78, 5) is 1.07. The average molecular weight is 407 g/mol. The summed E-state index contributed by atoms with van der Waals surface area (Å²) in [5.74, 6) is 0.861. The average Bonchev–Trinajstić information content (AvgIpc) is 2.57. The van der Waals surface area contributed by atoms with E-state index in [1.165, 1.54) is 23.9 Å². The lowest BCUT2D eigenvalue weighted by atomic mass is 10.1. The lowest BCUT2D eigenvalue weighted by molar-refractivity contribution is -0.137. The highest BCUT2D eigenvalue weighted by Gasteiger charge is 2.32. The number of rotatable bonds is 7. The van der Waals surface area contributed by atoms with Crippen LogP contribution >= 0.6 is 35.7 Å². The summed E-state index contributed by atoms with van der Waals surface area (Å²) < 4.78 is 51.1. The molecule has 0 bridgehead atoms. The molecule has 0 aliphatic heterocycles. The molecule has 2 aromatic rings. The molecule has 0 unspecified atom stereocenters. The second-order valence-electron chi connectivity index (χ2n) is 4.79. The van der Waals surface area contributed by atoms with Gasteiger partial charge in [0.15, 0.2) is 5.75 Å². The molecule has 0 atom stereocenters. The van der Waals surface area contributed by atoms with Crippen molar-refractivity contribution >= 4 is 47.0 Å². The van der Waals surface area contributed by atoms with Gasteiger partial charge in [0.1, 0.15) is 5.75 Å². The lowest BCUT2D eigenvalue weighted by Crippen LogP contribution is -2.07. The highest BCUT2D eigenvalue weighted by molar-refractivity contribution is 8.00. The topological polar surface area (TPSA) is 33.3 Å². The molecular weight excluding hydrogens is 389 g/mol. The number of thioether (sulfide) groups is 1. The third-order valence-electron chi connectivity index (χ3n) is 3.12. The summed E-state index contributed by atoms with van der Waals surface area (Å²) in [5, 5.41) is 0. The predicted molar refractivity (Wildman–Crippen MR) is 104 cm³/mol. The van der Waals surface area contributed by atoms with Gasteiger partial charge in [-0.15, -0.1) is 11.8 Å². The number of nitrogens with one attached hydrogen (secondary N) is 2. The SMILES string of the molecule is CSNc1cc(C(F)(F)F)cc(NSC)c1Oc1ccc(SC)cc1. The minimum absolute atomic E-state index is 0.257. The molecule has 0 aliphatic rings. The van der Waals surface area contributed by atoms with Crippen molar-refractivity contribution in [1.29, 1.82) is 0 Å². The van der Waals surface area contributed by atoms with Crippen LogP contribution in [0.3, 0.4) is 0 Å². The second-order valence-corrected chi connectivity index (χ2v) is 6.89. The molecule has 2 rings (SSSR count). The van der Waals surface area contributed by atoms with Crippen LogP contribution < -0.4 is 14.2 Å². The number of anilines is 2. The van der Waals surface area contributed by atoms with Crippen molar-refractivity contribution in [1.82, 2.24) is 0 Å². The van der Waals surface area contributed by atoms with Crippen LogP contribution in [0.1, 0.15) is 5.56 Å². The number of benzene rings is 2. The first kappa shape index (κ1) is 20.0. The van der Waals surface area contributed by atoms with Crippen LogP contribution in [-0.2, 0) is 6.18 Å². The lowest BCUT2D eigenvalue weighted by Gasteiger charge is -2.19. The van der Waals surface area contributed by atoms with Crippen LogP contribution in [0.5, 0.6) is 11.5 Å². The van der Waals surface area contributed by atoms with Crippen molar-refractivity contribution in [3.63, 3.8) is 0 Å². The van der Waals surface area contributed by atoms with E-state index in [2.05, 4.69) is 9.44 Å². The monoisotopic (exact) mass is 406 g/mol. The second kappa shape index (κ2) is 8.86. The summed E-state index contributed by atoms with van der Waals surface area (Å²) in [7, 11) is 0. The molecule has 3 nitrogen and oxygen atoms in total. The van der Waals surface area contributed by atoms with Crippen molar-refractivity contribution in [3.05, 3.63) is 42.0 Å². The molecule has 0 saturated carbocycles. The Morgan fingerprint density at radius 1 is 0.880 bits per heavy atom. The Balaban J connectivity index is 2.48. The zero-order valence-corrected chi connectivity index (χ0v) is 16.2. The van der Waals surface area contributed by atoms with E-state index in [4.69, 9.17) is 4.74 Å². The van der Waals surface area contributed by atoms with Crippen LogP contribution in [0.2, 0.25) is 0 Å². The molecule has 136 valence electrons. The van der Waals surface area contributed by atoms with E-state index in [0.717, 1.165) is 17.0 Å². The predicted octanol–water partition coefficient (Wildman–Crippen LogP) is 6.60. The van der Waals surface area contributed by atoms with Gasteiger partial charge in [-0.25, -0.2) is 0 Å². The molecule has 0 aromatic heterocycles. The molecule has 0 radical (unpaired) electrons. The van der Waals surface area contributed by atoms with Crippen LogP contribution in [-0.4, -0.2) is 18.8 Å². The van der Waals surface area contributed by atoms with Crippen LogP contribution in [0, 0.1) is 0 Å². The minimum atomic E-state index is -4.44. The molecule has 0 aliphatic carbocycles. The van der Waals surface area contributed by atoms with Gasteiger partial charge in [-0.3, -0.25) is 0 Å². The van der Waals surface area contributed by atoms with E-state index in [0.29, 0.717) is 11.5 Å². The molecule has 0 spiro atoms. The van der Waals surface area contributed by atoms with Gasteiger partial charge in [0.25, 0.3) is 0 Å². The van der Waals surface area contributed by atoms with E-state index in [9.17, 15) is 13.2 Å². The van der Waals surface area contributed by atoms with E-state index < -0.39 is 11.7 Å². The fourth-order valence-electron chi connectivity index (χ4n) is 2.04. The largest absolute Gasteiger partial charge is 0.453 e. The summed E-state index contributed by atoms with van der Waals surface area (Å²) in [6, 6.07) is 9.46. The smallest absolute Gasteiger partial charge is 0.416 e. The van der Waals surface area contributed by atoms with Gasteiger partial charge >= 0.3 is 6.18 Å². The Bertz CT molecular complexity index is 682. The molecule has 9 heteroatoms. The summed E-state index contributed by atoms with van der Waals surface area (Å²) >= 11 is 3.99. The van der Waals surface area contributed by atoms with E-state index in [-0.39, 0.29) is 11.4 Å². The Morgan fingerprint density at radius 2 is 1.40 bits per heavy atom. The van der Waals surface area contributed by atoms with Gasteiger partial charge in [-0.2, -0.15) is 13.2 Å². The van der Waals surface area contributed by atoms with Gasteiger partial charge < -0.3 is 14.2 Å². The maximum absolute atomic E-state index is 13.2. The van der Waals surface area contributed by atoms with Crippen molar-refractivity contribution in [2.24, 2.45) is 0 Å². The first-order chi connectivity index (χ1) is 11.9. The van der Waals surface area contributed by atoms with E-state index >= 15 is 0 Å². The first-order valence-corrected chi connectivity index (χ1v) is 10.7. The highest BCUT2D eigenvalue weighted by Crippen LogP contribution is 2.44. The van der Waals surface area contributed by atoms with Crippen molar-refractivity contribution in [2.45, 2.75) is 11.1 Å². The molecular formula is C16H17F3N2OS3. The molecule has 2 N–H and O–H groups in total. The van der Waals surface area contributed by atoms with Crippen LogP contribution in [0.4, 0.5) is 24.5 Å². The number of hydrogen-bond acceptors (Lipinski definition) is 6. The van der Waals surface area contributed by atoms with Crippen molar-refractivity contribution < 1.29 is 17.9 Å². The molecule has 2 aromatic carbocycles. The fourth-order valence-corrected chi connectivity index (χ4v) is 3.19. The first-order valence-electron chi connectivity index (χ1n) is 7.04. The Kier molecular flexibility index (Phi) is 7.09. The molecule has 0 fully saturated rings. The van der Waals surface area contributed by atoms with Gasteiger partial charge in [0.05, 0.1) is 16.9 Å². The number of halogens is 3. The number of alkyl halides is 3. The zero-order valence-electron chi connectivity index (χ0n) is 13.7. The fraction of sp³-hybridized carbons (Fsp3) is 0.250. The number of ether oxygens (including phenoxy) is 1.